The van der Waals surface area contributed by atoms with Gasteiger partial charge in [-0.1, -0.05) is 26.0 Å². The van der Waals surface area contributed by atoms with E-state index < -0.39 is 27.8 Å². The molecule has 0 bridgehead atoms. The van der Waals surface area contributed by atoms with Gasteiger partial charge in [0.25, 0.3) is 5.91 Å². The summed E-state index contributed by atoms with van der Waals surface area (Å²) in [6.45, 7) is 7.27. The van der Waals surface area contributed by atoms with Crippen LogP contribution in [0.2, 0.25) is 0 Å². The van der Waals surface area contributed by atoms with E-state index in [1.807, 2.05) is 0 Å². The van der Waals surface area contributed by atoms with Crippen LogP contribution in [0.25, 0.3) is 0 Å². The van der Waals surface area contributed by atoms with Crippen molar-refractivity contribution in [3.63, 3.8) is 0 Å². The number of nitrogens with zero attached hydrogens (tertiary/aromatic N) is 2. The lowest BCUT2D eigenvalue weighted by atomic mass is 10.1. The molecule has 0 unspecified atom stereocenters. The van der Waals surface area contributed by atoms with E-state index in [2.05, 4.69) is 19.2 Å². The topological polar surface area (TPSA) is 105 Å². The Bertz CT molecular complexity index is 1170. The Labute approximate surface area is 224 Å². The molecule has 0 spiro atoms. The summed E-state index contributed by atoms with van der Waals surface area (Å²) < 4.78 is 51.2. The van der Waals surface area contributed by atoms with Crippen LogP contribution in [0.15, 0.2) is 53.4 Å². The minimum absolute atomic E-state index is 0.0952. The Morgan fingerprint density at radius 2 is 1.68 bits per heavy atom. The average molecular weight is 550 g/mol. The molecule has 9 nitrogen and oxygen atoms in total. The van der Waals surface area contributed by atoms with Crippen molar-refractivity contribution in [3.05, 3.63) is 59.9 Å². The zero-order valence-electron chi connectivity index (χ0n) is 22.1. The van der Waals surface area contributed by atoms with E-state index in [0.717, 1.165) is 6.42 Å². The van der Waals surface area contributed by atoms with Crippen molar-refractivity contribution in [1.29, 1.82) is 0 Å². The predicted molar refractivity (Wildman–Crippen MR) is 140 cm³/mol. The molecule has 1 heterocycles. The largest absolute Gasteiger partial charge is 0.484 e. The quantitative estimate of drug-likeness (QED) is 0.437. The molecule has 1 N–H and O–H groups in total. The first-order valence-corrected chi connectivity index (χ1v) is 14.1. The Morgan fingerprint density at radius 1 is 1.05 bits per heavy atom. The van der Waals surface area contributed by atoms with E-state index in [0.29, 0.717) is 50.1 Å². The number of ether oxygens (including phenoxy) is 2. The van der Waals surface area contributed by atoms with Crippen molar-refractivity contribution in [2.45, 2.75) is 44.7 Å². The molecule has 2 amide bonds. The number of hydrogen-bond donors (Lipinski definition) is 1. The number of benzene rings is 2. The zero-order valence-corrected chi connectivity index (χ0v) is 22.9. The first-order valence-electron chi connectivity index (χ1n) is 12.7. The molecular weight excluding hydrogens is 513 g/mol. The van der Waals surface area contributed by atoms with Crippen LogP contribution in [0.1, 0.15) is 32.8 Å². The van der Waals surface area contributed by atoms with Crippen LogP contribution < -0.4 is 10.1 Å². The number of rotatable bonds is 12. The van der Waals surface area contributed by atoms with Gasteiger partial charge in [-0.15, -0.1) is 0 Å². The van der Waals surface area contributed by atoms with Gasteiger partial charge in [0.2, 0.25) is 15.9 Å². The van der Waals surface area contributed by atoms with Gasteiger partial charge in [0.15, 0.2) is 6.61 Å². The molecule has 0 aromatic heterocycles. The highest BCUT2D eigenvalue weighted by Gasteiger charge is 2.28. The van der Waals surface area contributed by atoms with Crippen molar-refractivity contribution in [1.82, 2.24) is 14.5 Å². The van der Waals surface area contributed by atoms with Crippen LogP contribution in [-0.4, -0.2) is 74.9 Å². The third kappa shape index (κ3) is 8.24. The third-order valence-electron chi connectivity index (χ3n) is 6.25. The average Bonchev–Trinajstić information content (AvgIpc) is 2.91. The van der Waals surface area contributed by atoms with Gasteiger partial charge in [-0.05, 0) is 61.2 Å². The Morgan fingerprint density at radius 3 is 2.29 bits per heavy atom. The molecule has 1 fully saturated rings. The molecule has 38 heavy (non-hydrogen) atoms. The predicted octanol–water partition coefficient (Wildman–Crippen LogP) is 2.81. The molecule has 2 aromatic carbocycles. The maximum absolute atomic E-state index is 13.4. The summed E-state index contributed by atoms with van der Waals surface area (Å²) in [5.74, 6) is -0.389. The van der Waals surface area contributed by atoms with Crippen LogP contribution in [-0.2, 0) is 30.9 Å². The molecule has 1 aliphatic rings. The maximum Gasteiger partial charge on any atom is 0.261 e. The summed E-state index contributed by atoms with van der Waals surface area (Å²) in [5, 5.41) is 2.86. The number of morpholine rings is 1. The van der Waals surface area contributed by atoms with Crippen LogP contribution in [0, 0.1) is 11.7 Å². The smallest absolute Gasteiger partial charge is 0.261 e. The highest BCUT2D eigenvalue weighted by Crippen LogP contribution is 2.21. The Kier molecular flexibility index (Phi) is 10.6. The van der Waals surface area contributed by atoms with Crippen molar-refractivity contribution >= 4 is 21.8 Å². The lowest BCUT2D eigenvalue weighted by molar-refractivity contribution is -0.142. The van der Waals surface area contributed by atoms with Gasteiger partial charge >= 0.3 is 0 Å². The third-order valence-corrected chi connectivity index (χ3v) is 8.16. The van der Waals surface area contributed by atoms with E-state index >= 15 is 0 Å². The van der Waals surface area contributed by atoms with Crippen molar-refractivity contribution in [2.75, 3.05) is 39.5 Å². The zero-order chi connectivity index (χ0) is 27.7. The summed E-state index contributed by atoms with van der Waals surface area (Å²) in [5.41, 5.74) is 0.666. The highest BCUT2D eigenvalue weighted by molar-refractivity contribution is 7.89. The van der Waals surface area contributed by atoms with E-state index in [1.165, 1.54) is 45.6 Å². The van der Waals surface area contributed by atoms with E-state index in [-0.39, 0.29) is 24.0 Å². The molecule has 208 valence electrons. The van der Waals surface area contributed by atoms with Gasteiger partial charge in [-0.2, -0.15) is 4.31 Å². The number of amides is 2. The maximum atomic E-state index is 13.4. The fourth-order valence-corrected chi connectivity index (χ4v) is 5.28. The number of carbonyl (C=O) groups is 2. The van der Waals surface area contributed by atoms with Crippen molar-refractivity contribution in [2.24, 2.45) is 5.92 Å². The Balaban J connectivity index is 1.66. The summed E-state index contributed by atoms with van der Waals surface area (Å²) in [7, 11) is -3.64. The second kappa shape index (κ2) is 13.7. The van der Waals surface area contributed by atoms with Crippen LogP contribution in [0.3, 0.4) is 0 Å². The van der Waals surface area contributed by atoms with Gasteiger partial charge in [0.05, 0.1) is 18.1 Å². The molecule has 3 rings (SSSR count). The molecule has 0 aliphatic carbocycles. The minimum atomic E-state index is -3.64. The standard InChI is InChI=1S/C27H36FN3O6S/c1-20(2)12-13-29-27(33)21(3)31(18-22-4-6-23(28)7-5-22)26(32)19-37-24-8-10-25(11-9-24)38(34,35)30-14-16-36-17-15-30/h4-11,20-21H,12-19H2,1-3H3,(H,29,33)/t21-/m0/s1. The molecule has 1 atom stereocenters. The van der Waals surface area contributed by atoms with Gasteiger partial charge in [0.1, 0.15) is 17.6 Å². The fraction of sp³-hybridized carbons (Fsp3) is 0.481. The molecule has 0 saturated carbocycles. The number of nitrogens with one attached hydrogen (secondary N) is 1. The monoisotopic (exact) mass is 549 g/mol. The number of carbonyl (C=O) groups excluding carboxylic acids is 2. The molecule has 0 radical (unpaired) electrons. The van der Waals surface area contributed by atoms with E-state index in [1.54, 1.807) is 19.1 Å². The molecule has 2 aromatic rings. The highest BCUT2D eigenvalue weighted by atomic mass is 32.2. The van der Waals surface area contributed by atoms with Gasteiger partial charge in [-0.25, -0.2) is 12.8 Å². The number of hydrogen-bond acceptors (Lipinski definition) is 6. The van der Waals surface area contributed by atoms with Crippen LogP contribution in [0.4, 0.5) is 4.39 Å². The van der Waals surface area contributed by atoms with Crippen LogP contribution in [0.5, 0.6) is 5.75 Å². The van der Waals surface area contributed by atoms with Gasteiger partial charge in [0, 0.05) is 26.2 Å². The summed E-state index contributed by atoms with van der Waals surface area (Å²) >= 11 is 0. The molecule has 1 saturated heterocycles. The lowest BCUT2D eigenvalue weighted by Crippen LogP contribution is -2.49. The van der Waals surface area contributed by atoms with E-state index in [9.17, 15) is 22.4 Å². The number of halogens is 1. The summed E-state index contributed by atoms with van der Waals surface area (Å²) in [4.78, 5) is 27.5. The van der Waals surface area contributed by atoms with Crippen molar-refractivity contribution in [3.8, 4) is 5.75 Å². The normalized spacial score (nSPS) is 15.2. The second-order valence-electron chi connectivity index (χ2n) is 9.57. The molecule has 1 aliphatic heterocycles. The van der Waals surface area contributed by atoms with E-state index in [4.69, 9.17) is 9.47 Å². The molecule has 11 heteroatoms. The summed E-state index contributed by atoms with van der Waals surface area (Å²) in [6, 6.07) is 10.8. The van der Waals surface area contributed by atoms with Gasteiger partial charge < -0.3 is 19.7 Å². The molecular formula is C27H36FN3O6S. The SMILES string of the molecule is CC(C)CCNC(=O)[C@H](C)N(Cc1ccc(F)cc1)C(=O)COc1ccc(S(=O)(=O)N2CCOCC2)cc1. The minimum Gasteiger partial charge on any atom is -0.484 e. The van der Waals surface area contributed by atoms with Crippen LogP contribution >= 0.6 is 0 Å². The number of sulfonamides is 1. The van der Waals surface area contributed by atoms with Gasteiger partial charge in [-0.3, -0.25) is 9.59 Å². The van der Waals surface area contributed by atoms with Crippen molar-refractivity contribution < 1.29 is 31.9 Å². The summed E-state index contributed by atoms with van der Waals surface area (Å²) in [6.07, 6.45) is 0.810. The second-order valence-corrected chi connectivity index (χ2v) is 11.5. The Hall–Kier alpha value is -3.02. The fourth-order valence-electron chi connectivity index (χ4n) is 3.87. The first-order chi connectivity index (χ1) is 18.1. The lowest BCUT2D eigenvalue weighted by Gasteiger charge is -2.29. The first kappa shape index (κ1) is 29.5.